The molecule has 3 aromatic heterocycles. The van der Waals surface area contributed by atoms with Crippen molar-refractivity contribution in [3.8, 4) is 0 Å². The van der Waals surface area contributed by atoms with Gasteiger partial charge in [-0.05, 0) is 13.8 Å². The predicted octanol–water partition coefficient (Wildman–Crippen LogP) is 2.84. The zero-order chi connectivity index (χ0) is 13.0. The Hall–Kier alpha value is -1.46. The summed E-state index contributed by atoms with van der Waals surface area (Å²) >= 11 is 12.3. The fourth-order valence-electron chi connectivity index (χ4n) is 2.23. The van der Waals surface area contributed by atoms with Gasteiger partial charge in [-0.15, -0.1) is 10.2 Å². The van der Waals surface area contributed by atoms with E-state index in [1.54, 1.807) is 4.68 Å². The highest BCUT2D eigenvalue weighted by molar-refractivity contribution is 6.40. The summed E-state index contributed by atoms with van der Waals surface area (Å²) in [5.74, 6) is 0. The molecule has 0 fully saturated rings. The minimum atomic E-state index is 0.310. The fraction of sp³-hybridized carbons (Fsp3) is 0.273. The largest absolute Gasteiger partial charge is 0.250 e. The molecule has 0 N–H and O–H groups in total. The first kappa shape index (κ1) is 11.6. The van der Waals surface area contributed by atoms with Crippen LogP contribution in [-0.4, -0.2) is 25.0 Å². The van der Waals surface area contributed by atoms with Crippen molar-refractivity contribution in [1.29, 1.82) is 0 Å². The van der Waals surface area contributed by atoms with Crippen LogP contribution in [0, 0.1) is 13.8 Å². The zero-order valence-electron chi connectivity index (χ0n) is 9.99. The van der Waals surface area contributed by atoms with Crippen LogP contribution in [-0.2, 0) is 7.05 Å². The number of hydrogen-bond donors (Lipinski definition) is 0. The Morgan fingerprint density at radius 1 is 0.889 bits per heavy atom. The maximum Gasteiger partial charge on any atom is 0.161 e. The van der Waals surface area contributed by atoms with Gasteiger partial charge in [0.15, 0.2) is 16.0 Å². The number of hydrogen-bond acceptors (Lipinski definition) is 4. The molecule has 7 heteroatoms. The van der Waals surface area contributed by atoms with Gasteiger partial charge in [0.2, 0.25) is 0 Å². The van der Waals surface area contributed by atoms with Crippen molar-refractivity contribution in [3.63, 3.8) is 0 Å². The molecule has 3 rings (SSSR count). The van der Waals surface area contributed by atoms with Gasteiger partial charge in [0.05, 0.1) is 16.8 Å². The highest BCUT2D eigenvalue weighted by Crippen LogP contribution is 2.34. The number of aryl methyl sites for hydroxylation is 3. The topological polar surface area (TPSA) is 56.5 Å². The summed E-state index contributed by atoms with van der Waals surface area (Å²) < 4.78 is 1.72. The maximum absolute atomic E-state index is 6.16. The lowest BCUT2D eigenvalue weighted by atomic mass is 10.1. The average Bonchev–Trinajstić information content (AvgIpc) is 2.59. The van der Waals surface area contributed by atoms with E-state index in [2.05, 4.69) is 20.3 Å². The van der Waals surface area contributed by atoms with Crippen LogP contribution in [0.3, 0.4) is 0 Å². The monoisotopic (exact) mass is 281 g/mol. The molecular formula is C11H9Cl2N5. The SMILES string of the molecule is Cc1nc2c(c(C)nn2C)c2c(Cl)nnc(Cl)c12. The van der Waals surface area contributed by atoms with Crippen molar-refractivity contribution in [3.05, 3.63) is 21.7 Å². The van der Waals surface area contributed by atoms with E-state index in [1.807, 2.05) is 20.9 Å². The van der Waals surface area contributed by atoms with Gasteiger partial charge < -0.3 is 0 Å². The summed E-state index contributed by atoms with van der Waals surface area (Å²) in [7, 11) is 1.84. The summed E-state index contributed by atoms with van der Waals surface area (Å²) in [6, 6.07) is 0. The molecule has 0 aliphatic heterocycles. The Labute approximate surface area is 113 Å². The molecule has 0 atom stereocenters. The first-order valence-corrected chi connectivity index (χ1v) is 6.07. The second-order valence-electron chi connectivity index (χ2n) is 4.14. The molecule has 18 heavy (non-hydrogen) atoms. The Morgan fingerprint density at radius 3 is 2.17 bits per heavy atom. The van der Waals surface area contributed by atoms with Gasteiger partial charge in [0.25, 0.3) is 0 Å². The second-order valence-corrected chi connectivity index (χ2v) is 4.85. The maximum atomic E-state index is 6.16. The summed E-state index contributed by atoms with van der Waals surface area (Å²) in [5, 5.41) is 15.1. The standard InChI is InChI=1S/C11H9Cl2N5/c1-4-6-8(10(13)16-15-9(6)12)7-5(2)17-18(3)11(7)14-4/h1-3H3. The minimum Gasteiger partial charge on any atom is -0.250 e. The molecule has 0 unspecified atom stereocenters. The van der Waals surface area contributed by atoms with Gasteiger partial charge in [0.1, 0.15) is 0 Å². The number of pyridine rings is 1. The summed E-state index contributed by atoms with van der Waals surface area (Å²) in [5.41, 5.74) is 2.38. The van der Waals surface area contributed by atoms with Crippen LogP contribution in [0.25, 0.3) is 21.8 Å². The van der Waals surface area contributed by atoms with E-state index < -0.39 is 0 Å². The average molecular weight is 282 g/mol. The third-order valence-corrected chi connectivity index (χ3v) is 3.49. The van der Waals surface area contributed by atoms with Crippen molar-refractivity contribution >= 4 is 45.0 Å². The third-order valence-electron chi connectivity index (χ3n) is 2.97. The van der Waals surface area contributed by atoms with E-state index in [0.717, 1.165) is 33.2 Å². The molecule has 0 radical (unpaired) electrons. The summed E-state index contributed by atoms with van der Waals surface area (Å²) in [6.45, 7) is 3.78. The fourth-order valence-corrected chi connectivity index (χ4v) is 2.73. The van der Waals surface area contributed by atoms with Crippen LogP contribution in [0.4, 0.5) is 0 Å². The number of rotatable bonds is 0. The lowest BCUT2D eigenvalue weighted by Gasteiger charge is -2.06. The number of aromatic nitrogens is 5. The molecule has 0 aromatic carbocycles. The second kappa shape index (κ2) is 3.76. The van der Waals surface area contributed by atoms with Gasteiger partial charge in [0, 0.05) is 17.8 Å². The molecule has 3 heterocycles. The van der Waals surface area contributed by atoms with E-state index in [1.165, 1.54) is 0 Å². The first-order valence-electron chi connectivity index (χ1n) is 5.32. The van der Waals surface area contributed by atoms with Gasteiger partial charge in [-0.25, -0.2) is 4.98 Å². The Balaban J connectivity index is 2.73. The quantitative estimate of drug-likeness (QED) is 0.636. The van der Waals surface area contributed by atoms with E-state index in [-0.39, 0.29) is 0 Å². The number of fused-ring (bicyclic) bond motifs is 3. The molecular weight excluding hydrogens is 273 g/mol. The van der Waals surface area contributed by atoms with Crippen molar-refractivity contribution in [2.45, 2.75) is 13.8 Å². The van der Waals surface area contributed by atoms with E-state index in [0.29, 0.717) is 10.3 Å². The highest BCUT2D eigenvalue weighted by atomic mass is 35.5. The molecule has 3 aromatic rings. The molecule has 0 bridgehead atoms. The van der Waals surface area contributed by atoms with Gasteiger partial charge in [-0.2, -0.15) is 5.10 Å². The summed E-state index contributed by atoms with van der Waals surface area (Å²) in [6.07, 6.45) is 0. The lowest BCUT2D eigenvalue weighted by molar-refractivity contribution is 0.773. The van der Waals surface area contributed by atoms with E-state index >= 15 is 0 Å². The van der Waals surface area contributed by atoms with Gasteiger partial charge >= 0.3 is 0 Å². The van der Waals surface area contributed by atoms with Crippen molar-refractivity contribution in [1.82, 2.24) is 25.0 Å². The molecule has 0 spiro atoms. The Kier molecular flexibility index (Phi) is 2.43. The highest BCUT2D eigenvalue weighted by Gasteiger charge is 2.18. The van der Waals surface area contributed by atoms with E-state index in [4.69, 9.17) is 23.2 Å². The molecule has 0 saturated carbocycles. The Bertz CT molecular complexity index is 793. The van der Waals surface area contributed by atoms with E-state index in [9.17, 15) is 0 Å². The molecule has 0 saturated heterocycles. The number of halogens is 2. The smallest absolute Gasteiger partial charge is 0.161 e. The van der Waals surface area contributed by atoms with Crippen LogP contribution in [0.2, 0.25) is 10.3 Å². The van der Waals surface area contributed by atoms with Gasteiger partial charge in [-0.1, -0.05) is 23.2 Å². The third kappa shape index (κ3) is 1.41. The lowest BCUT2D eigenvalue weighted by Crippen LogP contribution is -1.96. The predicted molar refractivity (Wildman–Crippen MR) is 71.1 cm³/mol. The van der Waals surface area contributed by atoms with Crippen LogP contribution >= 0.6 is 23.2 Å². The first-order chi connectivity index (χ1) is 8.50. The molecule has 5 nitrogen and oxygen atoms in total. The van der Waals surface area contributed by atoms with Crippen molar-refractivity contribution < 1.29 is 0 Å². The van der Waals surface area contributed by atoms with Crippen LogP contribution in [0.15, 0.2) is 0 Å². The Morgan fingerprint density at radius 2 is 1.50 bits per heavy atom. The molecule has 0 aliphatic rings. The molecule has 92 valence electrons. The van der Waals surface area contributed by atoms with Crippen LogP contribution < -0.4 is 0 Å². The summed E-state index contributed by atoms with van der Waals surface area (Å²) in [4.78, 5) is 4.52. The van der Waals surface area contributed by atoms with Crippen molar-refractivity contribution in [2.75, 3.05) is 0 Å². The minimum absolute atomic E-state index is 0.310. The molecule has 0 aliphatic carbocycles. The van der Waals surface area contributed by atoms with Crippen LogP contribution in [0.5, 0.6) is 0 Å². The van der Waals surface area contributed by atoms with Crippen molar-refractivity contribution in [2.24, 2.45) is 7.05 Å². The zero-order valence-corrected chi connectivity index (χ0v) is 11.5. The van der Waals surface area contributed by atoms with Crippen LogP contribution in [0.1, 0.15) is 11.4 Å². The van der Waals surface area contributed by atoms with Gasteiger partial charge in [-0.3, -0.25) is 4.68 Å². The number of nitrogens with zero attached hydrogens (tertiary/aromatic N) is 5. The molecule has 0 amide bonds. The normalized spacial score (nSPS) is 11.6.